The van der Waals surface area contributed by atoms with Gasteiger partial charge >= 0.3 is 0 Å². The summed E-state index contributed by atoms with van der Waals surface area (Å²) in [5.41, 5.74) is 0.589. The zero-order valence-electron chi connectivity index (χ0n) is 11.3. The highest BCUT2D eigenvalue weighted by Crippen LogP contribution is 2.21. The molecule has 1 aromatic rings. The second-order valence-electron chi connectivity index (χ2n) is 5.24. The lowest BCUT2D eigenvalue weighted by molar-refractivity contribution is -0.138. The number of amides is 1. The minimum atomic E-state index is -0.391. The highest BCUT2D eigenvalue weighted by molar-refractivity contribution is 7.09. The first kappa shape index (κ1) is 13.5. The van der Waals surface area contributed by atoms with Crippen LogP contribution in [0, 0.1) is 6.92 Å². The maximum absolute atomic E-state index is 12.5. The normalized spacial score (nSPS) is 23.9. The molecular formula is C13H21N3OS. The van der Waals surface area contributed by atoms with Gasteiger partial charge in [0.1, 0.15) is 0 Å². The van der Waals surface area contributed by atoms with E-state index in [2.05, 4.69) is 10.3 Å². The van der Waals surface area contributed by atoms with E-state index in [-0.39, 0.29) is 5.91 Å². The fourth-order valence-corrected chi connectivity index (χ4v) is 3.06. The van der Waals surface area contributed by atoms with Crippen LogP contribution in [0.3, 0.4) is 0 Å². The number of hydrogen-bond donors (Lipinski definition) is 1. The standard InChI is InChI=1S/C13H21N3OS/c1-10-15-11(9-18-10)8-16(3)12(17)13(2)6-4-5-7-14-13/h9,14H,4-8H2,1-3H3. The van der Waals surface area contributed by atoms with Crippen molar-refractivity contribution in [2.24, 2.45) is 0 Å². The van der Waals surface area contributed by atoms with Crippen LogP contribution in [0.1, 0.15) is 36.9 Å². The number of carbonyl (C=O) groups excluding carboxylic acids is 1. The molecule has 5 heteroatoms. The zero-order valence-corrected chi connectivity index (χ0v) is 12.1. The smallest absolute Gasteiger partial charge is 0.242 e. The summed E-state index contributed by atoms with van der Waals surface area (Å²) in [4.78, 5) is 18.7. The molecule has 1 fully saturated rings. The second-order valence-corrected chi connectivity index (χ2v) is 6.30. The van der Waals surface area contributed by atoms with Gasteiger partial charge in [0, 0.05) is 12.4 Å². The SMILES string of the molecule is Cc1nc(CN(C)C(=O)C2(C)CCCCN2)cs1. The van der Waals surface area contributed by atoms with Gasteiger partial charge in [-0.3, -0.25) is 4.79 Å². The van der Waals surface area contributed by atoms with E-state index in [1.165, 1.54) is 0 Å². The molecule has 0 aliphatic carbocycles. The molecule has 1 unspecified atom stereocenters. The molecule has 1 atom stereocenters. The van der Waals surface area contributed by atoms with Crippen molar-refractivity contribution >= 4 is 17.2 Å². The van der Waals surface area contributed by atoms with Crippen molar-refractivity contribution in [1.29, 1.82) is 0 Å². The summed E-state index contributed by atoms with van der Waals surface area (Å²) in [6.45, 7) is 5.53. The molecule has 18 heavy (non-hydrogen) atoms. The minimum absolute atomic E-state index is 0.174. The number of nitrogens with zero attached hydrogens (tertiary/aromatic N) is 2. The molecule has 0 saturated carbocycles. The minimum Gasteiger partial charge on any atom is -0.338 e. The predicted molar refractivity (Wildman–Crippen MR) is 73.6 cm³/mol. The van der Waals surface area contributed by atoms with Gasteiger partial charge in [-0.1, -0.05) is 0 Å². The number of piperidine rings is 1. The van der Waals surface area contributed by atoms with E-state index in [0.29, 0.717) is 6.54 Å². The fourth-order valence-electron chi connectivity index (χ4n) is 2.46. The van der Waals surface area contributed by atoms with Gasteiger partial charge < -0.3 is 10.2 Å². The quantitative estimate of drug-likeness (QED) is 0.910. The number of carbonyl (C=O) groups is 1. The van der Waals surface area contributed by atoms with Crippen LogP contribution in [0.2, 0.25) is 0 Å². The first-order valence-corrected chi connectivity index (χ1v) is 7.31. The van der Waals surface area contributed by atoms with Crippen molar-refractivity contribution in [3.63, 3.8) is 0 Å². The monoisotopic (exact) mass is 267 g/mol. The maximum Gasteiger partial charge on any atom is 0.242 e. The van der Waals surface area contributed by atoms with Gasteiger partial charge in [0.05, 0.1) is 22.8 Å². The second kappa shape index (κ2) is 5.36. The molecule has 0 aromatic carbocycles. The Bertz CT molecular complexity index is 424. The first-order chi connectivity index (χ1) is 8.51. The number of likely N-dealkylation sites (N-methyl/N-ethyl adjacent to an activating group) is 1. The lowest BCUT2D eigenvalue weighted by Gasteiger charge is -2.36. The Morgan fingerprint density at radius 2 is 2.39 bits per heavy atom. The fraction of sp³-hybridized carbons (Fsp3) is 0.692. The first-order valence-electron chi connectivity index (χ1n) is 6.43. The Hall–Kier alpha value is -0.940. The highest BCUT2D eigenvalue weighted by Gasteiger charge is 2.36. The maximum atomic E-state index is 12.5. The molecule has 0 bridgehead atoms. The molecule has 0 radical (unpaired) electrons. The number of aromatic nitrogens is 1. The molecule has 2 rings (SSSR count). The number of thiazole rings is 1. The summed E-state index contributed by atoms with van der Waals surface area (Å²) in [5.74, 6) is 0.174. The van der Waals surface area contributed by atoms with Gasteiger partial charge in [0.15, 0.2) is 0 Å². The average molecular weight is 267 g/mol. The number of hydrogen-bond acceptors (Lipinski definition) is 4. The van der Waals surface area contributed by atoms with Crippen LogP contribution in [0.4, 0.5) is 0 Å². The third kappa shape index (κ3) is 2.90. The van der Waals surface area contributed by atoms with Crippen molar-refractivity contribution in [3.05, 3.63) is 16.1 Å². The molecule has 0 spiro atoms. The van der Waals surface area contributed by atoms with Gasteiger partial charge in [0.25, 0.3) is 0 Å². The van der Waals surface area contributed by atoms with Crippen LogP contribution in [-0.4, -0.2) is 34.9 Å². The Kier molecular flexibility index (Phi) is 4.02. The lowest BCUT2D eigenvalue weighted by Crippen LogP contribution is -2.57. The molecule has 1 N–H and O–H groups in total. The summed E-state index contributed by atoms with van der Waals surface area (Å²) in [7, 11) is 1.86. The molecule has 1 aliphatic heterocycles. The number of rotatable bonds is 3. The molecule has 1 aromatic heterocycles. The predicted octanol–water partition coefficient (Wildman–Crippen LogP) is 1.94. The number of aryl methyl sites for hydroxylation is 1. The topological polar surface area (TPSA) is 45.2 Å². The van der Waals surface area contributed by atoms with Crippen molar-refractivity contribution < 1.29 is 4.79 Å². The molecule has 1 saturated heterocycles. The van der Waals surface area contributed by atoms with Crippen molar-refractivity contribution in [1.82, 2.24) is 15.2 Å². The Morgan fingerprint density at radius 3 is 2.94 bits per heavy atom. The van der Waals surface area contributed by atoms with Crippen LogP contribution in [0.25, 0.3) is 0 Å². The summed E-state index contributed by atoms with van der Waals surface area (Å²) in [5, 5.41) is 6.43. The van der Waals surface area contributed by atoms with Gasteiger partial charge in [-0.25, -0.2) is 4.98 Å². The summed E-state index contributed by atoms with van der Waals surface area (Å²) in [6, 6.07) is 0. The lowest BCUT2D eigenvalue weighted by atomic mass is 9.89. The molecule has 1 amide bonds. The Morgan fingerprint density at radius 1 is 1.61 bits per heavy atom. The van der Waals surface area contributed by atoms with Gasteiger partial charge in [-0.15, -0.1) is 11.3 Å². The van der Waals surface area contributed by atoms with E-state index in [1.54, 1.807) is 16.2 Å². The summed E-state index contributed by atoms with van der Waals surface area (Å²) >= 11 is 1.63. The van der Waals surface area contributed by atoms with Crippen molar-refractivity contribution in [3.8, 4) is 0 Å². The third-order valence-corrected chi connectivity index (χ3v) is 4.33. The van der Waals surface area contributed by atoms with Crippen LogP contribution in [0.5, 0.6) is 0 Å². The molecule has 100 valence electrons. The molecule has 4 nitrogen and oxygen atoms in total. The van der Waals surface area contributed by atoms with Crippen LogP contribution < -0.4 is 5.32 Å². The van der Waals surface area contributed by atoms with Crippen LogP contribution in [0.15, 0.2) is 5.38 Å². The molecule has 2 heterocycles. The van der Waals surface area contributed by atoms with E-state index < -0.39 is 5.54 Å². The van der Waals surface area contributed by atoms with E-state index in [9.17, 15) is 4.79 Å². The summed E-state index contributed by atoms with van der Waals surface area (Å²) < 4.78 is 0. The van der Waals surface area contributed by atoms with Crippen LogP contribution in [-0.2, 0) is 11.3 Å². The van der Waals surface area contributed by atoms with Gasteiger partial charge in [0.2, 0.25) is 5.91 Å². The van der Waals surface area contributed by atoms with E-state index in [4.69, 9.17) is 0 Å². The van der Waals surface area contributed by atoms with Crippen molar-refractivity contribution in [2.45, 2.75) is 45.2 Å². The molecule has 1 aliphatic rings. The van der Waals surface area contributed by atoms with E-state index in [0.717, 1.165) is 36.5 Å². The molecular weight excluding hydrogens is 246 g/mol. The van der Waals surface area contributed by atoms with E-state index in [1.807, 2.05) is 26.3 Å². The summed E-state index contributed by atoms with van der Waals surface area (Å²) in [6.07, 6.45) is 3.21. The van der Waals surface area contributed by atoms with E-state index >= 15 is 0 Å². The zero-order chi connectivity index (χ0) is 13.2. The average Bonchev–Trinajstić information content (AvgIpc) is 2.74. The highest BCUT2D eigenvalue weighted by atomic mass is 32.1. The Balaban J connectivity index is 1.99. The largest absolute Gasteiger partial charge is 0.338 e. The third-order valence-electron chi connectivity index (χ3n) is 3.50. The Labute approximate surface area is 112 Å². The number of nitrogens with one attached hydrogen (secondary N) is 1. The van der Waals surface area contributed by atoms with Crippen LogP contribution >= 0.6 is 11.3 Å². The van der Waals surface area contributed by atoms with Gasteiger partial charge in [-0.05, 0) is 39.7 Å². The van der Waals surface area contributed by atoms with Gasteiger partial charge in [-0.2, -0.15) is 0 Å². The van der Waals surface area contributed by atoms with Crippen molar-refractivity contribution in [2.75, 3.05) is 13.6 Å².